The molecule has 0 saturated heterocycles. The van der Waals surface area contributed by atoms with Crippen molar-refractivity contribution >= 4 is 11.9 Å². The van der Waals surface area contributed by atoms with Crippen LogP contribution in [0.4, 0.5) is 0 Å². The molecule has 12 heavy (non-hydrogen) atoms. The van der Waals surface area contributed by atoms with E-state index in [0.29, 0.717) is 12.6 Å². The molecule has 0 aromatic rings. The number of hydrogen-bond donors (Lipinski definition) is 1. The lowest BCUT2D eigenvalue weighted by molar-refractivity contribution is -0.297. The summed E-state index contributed by atoms with van der Waals surface area (Å²) in [7, 11) is 0. The molecular formula is C8H12NO3-. The van der Waals surface area contributed by atoms with Gasteiger partial charge in [-0.05, 0) is 12.5 Å². The third-order valence-corrected chi connectivity index (χ3v) is 1.20. The SMILES string of the molecule is CCCCNC(=O)C=CC(=O)[O-]. The van der Waals surface area contributed by atoms with Crippen LogP contribution >= 0.6 is 0 Å². The van der Waals surface area contributed by atoms with E-state index in [0.717, 1.165) is 18.9 Å². The topological polar surface area (TPSA) is 69.2 Å². The van der Waals surface area contributed by atoms with Gasteiger partial charge in [0.05, 0.1) is 5.97 Å². The highest BCUT2D eigenvalue weighted by atomic mass is 16.4. The molecule has 1 N–H and O–H groups in total. The number of hydrogen-bond acceptors (Lipinski definition) is 3. The fourth-order valence-corrected chi connectivity index (χ4v) is 0.591. The molecular weight excluding hydrogens is 158 g/mol. The Balaban J connectivity index is 3.53. The highest BCUT2D eigenvalue weighted by molar-refractivity contribution is 5.93. The molecule has 4 heteroatoms. The standard InChI is InChI=1S/C8H13NO3/c1-2-3-6-9-7(10)4-5-8(11)12/h4-5H,2-3,6H2,1H3,(H,9,10)(H,11,12)/p-1. The van der Waals surface area contributed by atoms with E-state index in [-0.39, 0.29) is 0 Å². The highest BCUT2D eigenvalue weighted by Gasteiger charge is 1.91. The zero-order valence-corrected chi connectivity index (χ0v) is 7.00. The van der Waals surface area contributed by atoms with Crippen molar-refractivity contribution in [3.05, 3.63) is 12.2 Å². The first kappa shape index (κ1) is 10.7. The average molecular weight is 170 g/mol. The van der Waals surface area contributed by atoms with Crippen molar-refractivity contribution in [3.63, 3.8) is 0 Å². The molecule has 0 radical (unpaired) electrons. The number of carboxylic acid groups (broad SMARTS) is 1. The molecule has 4 nitrogen and oxygen atoms in total. The number of nitrogens with one attached hydrogen (secondary N) is 1. The van der Waals surface area contributed by atoms with Crippen molar-refractivity contribution in [1.82, 2.24) is 5.32 Å². The molecule has 0 aliphatic rings. The minimum atomic E-state index is -1.36. The molecule has 0 bridgehead atoms. The number of unbranched alkanes of at least 4 members (excludes halogenated alkanes) is 1. The lowest BCUT2D eigenvalue weighted by atomic mass is 10.3. The van der Waals surface area contributed by atoms with Gasteiger partial charge >= 0.3 is 0 Å². The zero-order valence-electron chi connectivity index (χ0n) is 7.00. The van der Waals surface area contributed by atoms with Crippen molar-refractivity contribution in [2.45, 2.75) is 19.8 Å². The minimum absolute atomic E-state index is 0.396. The Labute approximate surface area is 71.3 Å². The summed E-state index contributed by atoms with van der Waals surface area (Å²) in [6.45, 7) is 2.58. The van der Waals surface area contributed by atoms with Gasteiger partial charge in [-0.3, -0.25) is 4.79 Å². The monoisotopic (exact) mass is 170 g/mol. The summed E-state index contributed by atoms with van der Waals surface area (Å²) in [5, 5.41) is 12.4. The number of rotatable bonds is 5. The predicted molar refractivity (Wildman–Crippen MR) is 42.1 cm³/mol. The summed E-state index contributed by atoms with van der Waals surface area (Å²) in [5.41, 5.74) is 0. The van der Waals surface area contributed by atoms with E-state index in [2.05, 4.69) is 5.32 Å². The quantitative estimate of drug-likeness (QED) is 0.434. The highest BCUT2D eigenvalue weighted by Crippen LogP contribution is 1.82. The van der Waals surface area contributed by atoms with E-state index >= 15 is 0 Å². The summed E-state index contributed by atoms with van der Waals surface area (Å²) in [6, 6.07) is 0. The average Bonchev–Trinajstić information content (AvgIpc) is 2.01. The number of carbonyl (C=O) groups is 2. The second-order valence-corrected chi connectivity index (χ2v) is 2.30. The van der Waals surface area contributed by atoms with E-state index in [9.17, 15) is 14.7 Å². The van der Waals surface area contributed by atoms with Gasteiger partial charge in [-0.15, -0.1) is 0 Å². The predicted octanol–water partition coefficient (Wildman–Crippen LogP) is -0.791. The van der Waals surface area contributed by atoms with Gasteiger partial charge in [-0.1, -0.05) is 13.3 Å². The van der Waals surface area contributed by atoms with Crippen LogP contribution in [0.25, 0.3) is 0 Å². The molecule has 0 heterocycles. The number of aliphatic carboxylic acids is 1. The molecule has 0 rings (SSSR count). The molecule has 0 aliphatic heterocycles. The van der Waals surface area contributed by atoms with Gasteiger partial charge in [0.25, 0.3) is 0 Å². The Morgan fingerprint density at radius 2 is 2.08 bits per heavy atom. The number of carbonyl (C=O) groups excluding carboxylic acids is 2. The van der Waals surface area contributed by atoms with Gasteiger partial charge in [-0.2, -0.15) is 0 Å². The van der Waals surface area contributed by atoms with Crippen LogP contribution < -0.4 is 10.4 Å². The molecule has 68 valence electrons. The van der Waals surface area contributed by atoms with E-state index in [4.69, 9.17) is 0 Å². The summed E-state index contributed by atoms with van der Waals surface area (Å²) in [5.74, 6) is -1.76. The van der Waals surface area contributed by atoms with Crippen LogP contribution in [0.1, 0.15) is 19.8 Å². The van der Waals surface area contributed by atoms with E-state index in [1.165, 1.54) is 0 Å². The Morgan fingerprint density at radius 1 is 1.42 bits per heavy atom. The fourth-order valence-electron chi connectivity index (χ4n) is 0.591. The first-order valence-corrected chi connectivity index (χ1v) is 3.83. The van der Waals surface area contributed by atoms with Crippen LogP contribution in [0.5, 0.6) is 0 Å². The van der Waals surface area contributed by atoms with E-state index < -0.39 is 11.9 Å². The maximum atomic E-state index is 10.7. The van der Waals surface area contributed by atoms with Crippen molar-refractivity contribution in [3.8, 4) is 0 Å². The van der Waals surface area contributed by atoms with Gasteiger partial charge in [-0.25, -0.2) is 0 Å². The van der Waals surface area contributed by atoms with E-state index in [1.54, 1.807) is 0 Å². The van der Waals surface area contributed by atoms with Gasteiger partial charge in [0.1, 0.15) is 0 Å². The Bertz CT molecular complexity index is 187. The molecule has 0 saturated carbocycles. The smallest absolute Gasteiger partial charge is 0.244 e. The van der Waals surface area contributed by atoms with Crippen LogP contribution in [0.2, 0.25) is 0 Å². The Hall–Kier alpha value is -1.32. The van der Waals surface area contributed by atoms with Crippen molar-refractivity contribution in [2.24, 2.45) is 0 Å². The van der Waals surface area contributed by atoms with Crippen LogP contribution in [0.3, 0.4) is 0 Å². The fraction of sp³-hybridized carbons (Fsp3) is 0.500. The van der Waals surface area contributed by atoms with Gasteiger partial charge in [0.2, 0.25) is 5.91 Å². The Kier molecular flexibility index (Phi) is 5.69. The lowest BCUT2D eigenvalue weighted by Crippen LogP contribution is -2.24. The molecule has 0 unspecified atom stereocenters. The molecule has 0 aliphatic carbocycles. The zero-order chi connectivity index (χ0) is 9.40. The largest absolute Gasteiger partial charge is 0.545 e. The molecule has 0 fully saturated rings. The molecule has 0 aromatic heterocycles. The second kappa shape index (κ2) is 6.39. The van der Waals surface area contributed by atoms with Crippen molar-refractivity contribution in [1.29, 1.82) is 0 Å². The summed E-state index contributed by atoms with van der Waals surface area (Å²) in [4.78, 5) is 20.6. The van der Waals surface area contributed by atoms with Crippen LogP contribution in [-0.2, 0) is 9.59 Å². The van der Waals surface area contributed by atoms with E-state index in [1.807, 2.05) is 6.92 Å². The maximum Gasteiger partial charge on any atom is 0.244 e. The van der Waals surface area contributed by atoms with Crippen molar-refractivity contribution in [2.75, 3.05) is 6.54 Å². The van der Waals surface area contributed by atoms with Crippen LogP contribution in [-0.4, -0.2) is 18.4 Å². The minimum Gasteiger partial charge on any atom is -0.545 e. The summed E-state index contributed by atoms with van der Waals surface area (Å²) in [6.07, 6.45) is 3.54. The van der Waals surface area contributed by atoms with Crippen LogP contribution in [0.15, 0.2) is 12.2 Å². The van der Waals surface area contributed by atoms with Crippen LogP contribution in [0, 0.1) is 0 Å². The molecule has 0 spiro atoms. The maximum absolute atomic E-state index is 10.7. The summed E-state index contributed by atoms with van der Waals surface area (Å²) >= 11 is 0. The number of amides is 1. The normalized spacial score (nSPS) is 10.1. The molecule has 0 aromatic carbocycles. The lowest BCUT2D eigenvalue weighted by Gasteiger charge is -1.98. The molecule has 0 atom stereocenters. The first-order chi connectivity index (χ1) is 5.66. The number of carboxylic acids is 1. The second-order valence-electron chi connectivity index (χ2n) is 2.30. The Morgan fingerprint density at radius 3 is 2.58 bits per heavy atom. The van der Waals surface area contributed by atoms with Crippen molar-refractivity contribution < 1.29 is 14.7 Å². The summed E-state index contributed by atoms with van der Waals surface area (Å²) < 4.78 is 0. The molecule has 1 amide bonds. The first-order valence-electron chi connectivity index (χ1n) is 3.83. The third-order valence-electron chi connectivity index (χ3n) is 1.20. The van der Waals surface area contributed by atoms with Gasteiger partial charge in [0, 0.05) is 12.6 Å². The van der Waals surface area contributed by atoms with Gasteiger partial charge < -0.3 is 15.2 Å². The third kappa shape index (κ3) is 6.80. The van der Waals surface area contributed by atoms with Gasteiger partial charge in [0.15, 0.2) is 0 Å².